The number of hydrogen-bond donors (Lipinski definition) is 1. The predicted octanol–water partition coefficient (Wildman–Crippen LogP) is 2.41. The van der Waals surface area contributed by atoms with Gasteiger partial charge in [-0.05, 0) is 34.7 Å². The Morgan fingerprint density at radius 3 is 2.81 bits per heavy atom. The van der Waals surface area contributed by atoms with E-state index in [9.17, 15) is 18.0 Å². The first kappa shape index (κ1) is 16.3. The third-order valence-electron chi connectivity index (χ3n) is 2.94. The zero-order valence-corrected chi connectivity index (χ0v) is 12.7. The van der Waals surface area contributed by atoms with Gasteiger partial charge in [-0.25, -0.2) is 4.68 Å². The lowest BCUT2D eigenvalue weighted by molar-refractivity contribution is -0.172. The van der Waals surface area contributed by atoms with Crippen LogP contribution in [0.2, 0.25) is 0 Å². The number of nitrogens with one attached hydrogen (secondary N) is 1. The molecule has 21 heavy (non-hydrogen) atoms. The Morgan fingerprint density at radius 1 is 1.48 bits per heavy atom. The van der Waals surface area contributed by atoms with Gasteiger partial charge in [0.25, 0.3) is 5.56 Å². The van der Waals surface area contributed by atoms with Crippen LogP contribution in [0.3, 0.4) is 0 Å². The summed E-state index contributed by atoms with van der Waals surface area (Å²) in [7, 11) is 0. The second-order valence-corrected chi connectivity index (χ2v) is 5.69. The van der Waals surface area contributed by atoms with Gasteiger partial charge in [-0.1, -0.05) is 0 Å². The monoisotopic (exact) mass is 369 g/mol. The van der Waals surface area contributed by atoms with Gasteiger partial charge in [0.15, 0.2) is 0 Å². The van der Waals surface area contributed by atoms with Crippen molar-refractivity contribution in [2.75, 3.05) is 25.1 Å². The van der Waals surface area contributed by atoms with E-state index < -0.39 is 12.8 Å². The minimum atomic E-state index is -4.33. The van der Waals surface area contributed by atoms with Crippen molar-refractivity contribution in [2.45, 2.75) is 25.6 Å². The summed E-state index contributed by atoms with van der Waals surface area (Å²) in [6, 6.07) is 0. The Balaban J connectivity index is 1.83. The molecular weight excluding hydrogens is 355 g/mol. The van der Waals surface area contributed by atoms with Crippen molar-refractivity contribution >= 4 is 21.6 Å². The van der Waals surface area contributed by atoms with Crippen molar-refractivity contribution in [3.63, 3.8) is 0 Å². The Bertz CT molecular complexity index is 544. The molecule has 0 atom stereocenters. The van der Waals surface area contributed by atoms with Crippen LogP contribution in [0.5, 0.6) is 0 Å². The molecule has 1 aliphatic rings. The van der Waals surface area contributed by atoms with Crippen LogP contribution in [0, 0.1) is 5.92 Å². The van der Waals surface area contributed by atoms with E-state index in [0.717, 1.165) is 12.8 Å². The fourth-order valence-electron chi connectivity index (χ4n) is 1.71. The standard InChI is InChI=1S/C12H15BrF3N3O2/c13-10-9(17-3-4-21-7-12(14,15)16)5-18-19(11(10)20)6-8-1-2-8/h5,8,17H,1-4,6-7H2. The van der Waals surface area contributed by atoms with Crippen molar-refractivity contribution in [1.29, 1.82) is 0 Å². The molecule has 118 valence electrons. The molecule has 0 radical (unpaired) electrons. The van der Waals surface area contributed by atoms with Crippen molar-refractivity contribution < 1.29 is 17.9 Å². The highest BCUT2D eigenvalue weighted by Crippen LogP contribution is 2.30. The fraction of sp³-hybridized carbons (Fsp3) is 0.667. The second kappa shape index (κ2) is 6.78. The van der Waals surface area contributed by atoms with E-state index in [1.54, 1.807) is 0 Å². The first-order valence-electron chi connectivity index (χ1n) is 6.51. The molecule has 2 rings (SSSR count). The molecule has 9 heteroatoms. The normalized spacial score (nSPS) is 15.2. The van der Waals surface area contributed by atoms with Gasteiger partial charge in [0.05, 0.1) is 18.5 Å². The van der Waals surface area contributed by atoms with Crippen molar-refractivity contribution in [3.05, 3.63) is 21.0 Å². The molecule has 1 aromatic heterocycles. The van der Waals surface area contributed by atoms with Crippen LogP contribution in [-0.4, -0.2) is 35.7 Å². The maximum absolute atomic E-state index is 12.0. The van der Waals surface area contributed by atoms with Crippen LogP contribution in [0.4, 0.5) is 18.9 Å². The highest BCUT2D eigenvalue weighted by atomic mass is 79.9. The van der Waals surface area contributed by atoms with Crippen LogP contribution in [0.25, 0.3) is 0 Å². The van der Waals surface area contributed by atoms with Gasteiger partial charge in [0.2, 0.25) is 0 Å². The molecule has 1 N–H and O–H groups in total. The zero-order valence-electron chi connectivity index (χ0n) is 11.1. The van der Waals surface area contributed by atoms with Crippen LogP contribution >= 0.6 is 15.9 Å². The number of halogens is 4. The summed E-state index contributed by atoms with van der Waals surface area (Å²) in [5.74, 6) is 0.525. The minimum Gasteiger partial charge on any atom is -0.380 e. The molecule has 1 heterocycles. The SMILES string of the molecule is O=c1c(Br)c(NCCOCC(F)(F)F)cnn1CC1CC1. The zero-order chi connectivity index (χ0) is 15.5. The molecule has 0 bridgehead atoms. The first-order valence-corrected chi connectivity index (χ1v) is 7.30. The molecule has 0 unspecified atom stereocenters. The lowest BCUT2D eigenvalue weighted by Gasteiger charge is -2.11. The molecule has 1 aliphatic carbocycles. The van der Waals surface area contributed by atoms with E-state index in [4.69, 9.17) is 0 Å². The summed E-state index contributed by atoms with van der Waals surface area (Å²) < 4.78 is 41.8. The van der Waals surface area contributed by atoms with E-state index >= 15 is 0 Å². The Labute approximate surface area is 127 Å². The molecular formula is C12H15BrF3N3O2. The molecule has 0 spiro atoms. The number of rotatable bonds is 7. The maximum Gasteiger partial charge on any atom is 0.411 e. The van der Waals surface area contributed by atoms with Gasteiger partial charge in [-0.2, -0.15) is 18.3 Å². The molecule has 0 aliphatic heterocycles. The number of nitrogens with zero attached hydrogens (tertiary/aromatic N) is 2. The quantitative estimate of drug-likeness (QED) is 0.749. The van der Waals surface area contributed by atoms with E-state index in [0.29, 0.717) is 22.6 Å². The van der Waals surface area contributed by atoms with Crippen LogP contribution < -0.4 is 10.9 Å². The number of alkyl halides is 3. The molecule has 1 saturated carbocycles. The van der Waals surface area contributed by atoms with E-state index in [1.807, 2.05) is 0 Å². The highest BCUT2D eigenvalue weighted by molar-refractivity contribution is 9.10. The summed E-state index contributed by atoms with van der Waals surface area (Å²) in [4.78, 5) is 12.0. The van der Waals surface area contributed by atoms with Gasteiger partial charge in [-0.15, -0.1) is 0 Å². The first-order chi connectivity index (χ1) is 9.87. The maximum atomic E-state index is 12.0. The van der Waals surface area contributed by atoms with E-state index in [1.165, 1.54) is 10.9 Å². The molecule has 1 aromatic rings. The summed E-state index contributed by atoms with van der Waals surface area (Å²) in [5.41, 5.74) is 0.200. The third kappa shape index (κ3) is 5.31. The summed E-state index contributed by atoms with van der Waals surface area (Å²) >= 11 is 3.19. The average molecular weight is 370 g/mol. The molecule has 0 saturated heterocycles. The number of anilines is 1. The topological polar surface area (TPSA) is 56.1 Å². The Morgan fingerprint density at radius 2 is 2.19 bits per heavy atom. The lowest BCUT2D eigenvalue weighted by atomic mass is 10.4. The van der Waals surface area contributed by atoms with Gasteiger partial charge in [-0.3, -0.25) is 4.79 Å². The van der Waals surface area contributed by atoms with E-state index in [-0.39, 0.29) is 18.7 Å². The Kier molecular flexibility index (Phi) is 5.26. The molecule has 0 amide bonds. The van der Waals surface area contributed by atoms with Crippen molar-refractivity contribution in [1.82, 2.24) is 9.78 Å². The Hall–Kier alpha value is -1.09. The largest absolute Gasteiger partial charge is 0.411 e. The summed E-state index contributed by atoms with van der Waals surface area (Å²) in [5, 5.41) is 6.87. The van der Waals surface area contributed by atoms with Crippen molar-refractivity contribution in [3.8, 4) is 0 Å². The van der Waals surface area contributed by atoms with E-state index in [2.05, 4.69) is 31.1 Å². The third-order valence-corrected chi connectivity index (χ3v) is 3.71. The minimum absolute atomic E-state index is 0.114. The van der Waals surface area contributed by atoms with Gasteiger partial charge < -0.3 is 10.1 Å². The molecule has 5 nitrogen and oxygen atoms in total. The van der Waals surface area contributed by atoms with Gasteiger partial charge in [0.1, 0.15) is 11.1 Å². The van der Waals surface area contributed by atoms with Crippen LogP contribution in [-0.2, 0) is 11.3 Å². The average Bonchev–Trinajstić information content (AvgIpc) is 3.20. The van der Waals surface area contributed by atoms with Crippen LogP contribution in [0.1, 0.15) is 12.8 Å². The van der Waals surface area contributed by atoms with Crippen LogP contribution in [0.15, 0.2) is 15.5 Å². The number of ether oxygens (including phenoxy) is 1. The van der Waals surface area contributed by atoms with Gasteiger partial charge >= 0.3 is 6.18 Å². The summed E-state index contributed by atoms with van der Waals surface area (Å²) in [6.45, 7) is -0.636. The highest BCUT2D eigenvalue weighted by Gasteiger charge is 2.27. The predicted molar refractivity (Wildman–Crippen MR) is 74.3 cm³/mol. The van der Waals surface area contributed by atoms with Crippen molar-refractivity contribution in [2.24, 2.45) is 5.92 Å². The lowest BCUT2D eigenvalue weighted by Crippen LogP contribution is -2.26. The summed E-state index contributed by atoms with van der Waals surface area (Å²) in [6.07, 6.45) is -0.617. The number of aromatic nitrogens is 2. The molecule has 1 fully saturated rings. The number of hydrogen-bond acceptors (Lipinski definition) is 4. The molecule has 0 aromatic carbocycles. The fourth-order valence-corrected chi connectivity index (χ4v) is 2.16. The van der Waals surface area contributed by atoms with Gasteiger partial charge in [0, 0.05) is 13.1 Å². The second-order valence-electron chi connectivity index (χ2n) is 4.90. The smallest absolute Gasteiger partial charge is 0.380 e.